The van der Waals surface area contributed by atoms with E-state index in [-0.39, 0.29) is 5.71 Å². The van der Waals surface area contributed by atoms with E-state index >= 15 is 0 Å². The zero-order valence-electron chi connectivity index (χ0n) is 7.46. The van der Waals surface area contributed by atoms with Gasteiger partial charge in [-0.15, -0.1) is 0 Å². The summed E-state index contributed by atoms with van der Waals surface area (Å²) in [6, 6.07) is 0. The first kappa shape index (κ1) is 10.9. The first-order chi connectivity index (χ1) is 4.92. The van der Waals surface area contributed by atoms with Crippen LogP contribution in [0.2, 0.25) is 0 Å². The van der Waals surface area contributed by atoms with Gasteiger partial charge in [-0.05, 0) is 9.24 Å². The minimum absolute atomic E-state index is 0.272. The van der Waals surface area contributed by atoms with Gasteiger partial charge in [0, 0.05) is 6.42 Å². The molecule has 1 atom stereocenters. The van der Waals surface area contributed by atoms with E-state index in [1.807, 2.05) is 9.24 Å². The summed E-state index contributed by atoms with van der Waals surface area (Å²) in [5, 5.41) is 0. The molecule has 0 radical (unpaired) electrons. The highest BCUT2D eigenvalue weighted by Gasteiger charge is 2.05. The molecule has 0 amide bonds. The molecule has 11 heavy (non-hydrogen) atoms. The molecule has 0 rings (SSSR count). The number of nitrogens with zero attached hydrogens (tertiary/aromatic N) is 1. The van der Waals surface area contributed by atoms with Crippen molar-refractivity contribution in [2.75, 3.05) is 34.3 Å². The molecule has 0 saturated heterocycles. The second-order valence-corrected chi connectivity index (χ2v) is 4.01. The minimum atomic E-state index is -0.272. The van der Waals surface area contributed by atoms with E-state index in [1.165, 1.54) is 0 Å². The Balaban J connectivity index is 3.22. The molecule has 4 heteroatoms. The quantitative estimate of drug-likeness (QED) is 0.366. The Labute approximate surface area is 70.5 Å². The molecule has 0 bridgehead atoms. The molecule has 3 nitrogen and oxygen atoms in total. The van der Waals surface area contributed by atoms with Crippen LogP contribution in [-0.2, 0) is 4.74 Å². The maximum atomic E-state index is 10.3. The zero-order chi connectivity index (χ0) is 8.91. The molecule has 0 aliphatic rings. The second-order valence-electron chi connectivity index (χ2n) is 3.53. The summed E-state index contributed by atoms with van der Waals surface area (Å²) in [4.78, 5) is 10.3. The van der Waals surface area contributed by atoms with Crippen molar-refractivity contribution in [2.45, 2.75) is 6.42 Å². The summed E-state index contributed by atoms with van der Waals surface area (Å²) >= 11 is 0. The molecule has 0 aromatic rings. The van der Waals surface area contributed by atoms with Crippen molar-refractivity contribution < 1.29 is 14.0 Å². The van der Waals surface area contributed by atoms with E-state index < -0.39 is 0 Å². The summed E-state index contributed by atoms with van der Waals surface area (Å²) in [5.41, 5.74) is -0.272. The van der Waals surface area contributed by atoms with Crippen LogP contribution in [0.15, 0.2) is 0 Å². The standard InChI is InChI=1S/C7H17NO2P/c1-8(2,3)5-4-6-10-7(9)11/h4-6,11H2,1-3H3/q+1. The zero-order valence-corrected chi connectivity index (χ0v) is 8.62. The van der Waals surface area contributed by atoms with E-state index in [9.17, 15) is 4.79 Å². The Hall–Kier alpha value is -0.140. The van der Waals surface area contributed by atoms with Crippen LogP contribution in [0.25, 0.3) is 0 Å². The van der Waals surface area contributed by atoms with Gasteiger partial charge in [0.25, 0.3) is 0 Å². The van der Waals surface area contributed by atoms with Gasteiger partial charge in [0.05, 0.1) is 34.3 Å². The number of ether oxygens (including phenoxy) is 1. The van der Waals surface area contributed by atoms with Gasteiger partial charge in [-0.3, -0.25) is 0 Å². The van der Waals surface area contributed by atoms with Gasteiger partial charge in [0.2, 0.25) is 0 Å². The fourth-order valence-corrected chi connectivity index (χ4v) is 0.830. The van der Waals surface area contributed by atoms with Gasteiger partial charge < -0.3 is 9.22 Å². The van der Waals surface area contributed by atoms with E-state index in [0.29, 0.717) is 6.61 Å². The van der Waals surface area contributed by atoms with Gasteiger partial charge >= 0.3 is 5.71 Å². The Morgan fingerprint density at radius 3 is 2.36 bits per heavy atom. The van der Waals surface area contributed by atoms with Gasteiger partial charge in [-0.1, -0.05) is 0 Å². The lowest BCUT2D eigenvalue weighted by molar-refractivity contribution is -0.870. The molecule has 1 unspecified atom stereocenters. The van der Waals surface area contributed by atoms with Crippen molar-refractivity contribution in [3.63, 3.8) is 0 Å². The van der Waals surface area contributed by atoms with Crippen LogP contribution >= 0.6 is 9.24 Å². The van der Waals surface area contributed by atoms with Gasteiger partial charge in [0.15, 0.2) is 0 Å². The summed E-state index contributed by atoms with van der Waals surface area (Å²) in [6.45, 7) is 1.55. The van der Waals surface area contributed by atoms with Crippen molar-refractivity contribution in [1.29, 1.82) is 0 Å². The fraction of sp³-hybridized carbons (Fsp3) is 0.857. The smallest absolute Gasteiger partial charge is 0.319 e. The minimum Gasteiger partial charge on any atom is -0.463 e. The Bertz CT molecular complexity index is 131. The molecule has 0 heterocycles. The first-order valence-corrected chi connectivity index (χ1v) is 4.22. The van der Waals surface area contributed by atoms with E-state index in [2.05, 4.69) is 21.1 Å². The maximum Gasteiger partial charge on any atom is 0.319 e. The molecule has 0 aliphatic carbocycles. The van der Waals surface area contributed by atoms with Crippen molar-refractivity contribution >= 4 is 15.0 Å². The fourth-order valence-electron chi connectivity index (χ4n) is 0.712. The van der Waals surface area contributed by atoms with Crippen LogP contribution in [0.4, 0.5) is 4.79 Å². The molecular weight excluding hydrogens is 161 g/mol. The van der Waals surface area contributed by atoms with Crippen LogP contribution in [0, 0.1) is 0 Å². The van der Waals surface area contributed by atoms with Crippen molar-refractivity contribution in [2.24, 2.45) is 0 Å². The highest BCUT2D eigenvalue weighted by molar-refractivity contribution is 7.39. The average Bonchev–Trinajstić information content (AvgIpc) is 1.78. The van der Waals surface area contributed by atoms with Gasteiger partial charge in [0.1, 0.15) is 0 Å². The van der Waals surface area contributed by atoms with E-state index in [0.717, 1.165) is 17.4 Å². The van der Waals surface area contributed by atoms with E-state index in [1.54, 1.807) is 0 Å². The molecule has 0 aromatic heterocycles. The number of carbonyl (C=O) groups is 1. The third-order valence-corrected chi connectivity index (χ3v) is 1.38. The predicted octanol–water partition coefficient (Wildman–Crippen LogP) is 1.09. The first-order valence-electron chi connectivity index (χ1n) is 3.64. The van der Waals surface area contributed by atoms with Gasteiger partial charge in [-0.2, -0.15) is 0 Å². The van der Waals surface area contributed by atoms with Crippen LogP contribution in [-0.4, -0.2) is 44.5 Å². The molecule has 66 valence electrons. The largest absolute Gasteiger partial charge is 0.463 e. The lowest BCUT2D eigenvalue weighted by Crippen LogP contribution is -2.35. The lowest BCUT2D eigenvalue weighted by Gasteiger charge is -2.23. The van der Waals surface area contributed by atoms with Crippen LogP contribution in [0.5, 0.6) is 0 Å². The highest BCUT2D eigenvalue weighted by Crippen LogP contribution is 1.96. The van der Waals surface area contributed by atoms with Crippen LogP contribution in [0.1, 0.15) is 6.42 Å². The second kappa shape index (κ2) is 4.68. The molecule has 0 N–H and O–H groups in total. The van der Waals surface area contributed by atoms with Gasteiger partial charge in [-0.25, -0.2) is 4.79 Å². The number of hydrogen-bond acceptors (Lipinski definition) is 2. The van der Waals surface area contributed by atoms with Crippen molar-refractivity contribution in [3.8, 4) is 0 Å². The third-order valence-electron chi connectivity index (χ3n) is 1.22. The Kier molecular flexibility index (Phi) is 4.62. The Morgan fingerprint density at radius 2 is 2.00 bits per heavy atom. The SMILES string of the molecule is C[N+](C)(C)CCCOC(=O)P. The highest BCUT2D eigenvalue weighted by atomic mass is 31.0. The molecule has 0 fully saturated rings. The summed E-state index contributed by atoms with van der Waals surface area (Å²) in [5.74, 6) is 0. The molecule has 0 spiro atoms. The number of quaternary nitrogens is 1. The summed E-state index contributed by atoms with van der Waals surface area (Å²) in [7, 11) is 8.33. The molecule has 0 aromatic carbocycles. The summed E-state index contributed by atoms with van der Waals surface area (Å²) in [6.07, 6.45) is 0.920. The molecule has 0 aliphatic heterocycles. The van der Waals surface area contributed by atoms with Crippen molar-refractivity contribution in [1.82, 2.24) is 0 Å². The topological polar surface area (TPSA) is 26.3 Å². The van der Waals surface area contributed by atoms with Crippen LogP contribution < -0.4 is 0 Å². The van der Waals surface area contributed by atoms with E-state index in [4.69, 9.17) is 4.74 Å². The van der Waals surface area contributed by atoms with Crippen molar-refractivity contribution in [3.05, 3.63) is 0 Å². The Morgan fingerprint density at radius 1 is 1.45 bits per heavy atom. The monoisotopic (exact) mass is 178 g/mol. The maximum absolute atomic E-state index is 10.3. The molecule has 0 saturated carbocycles. The number of rotatable bonds is 4. The number of carbonyl (C=O) groups excluding carboxylic acids is 1. The normalized spacial score (nSPS) is 11.3. The summed E-state index contributed by atoms with van der Waals surface area (Å²) < 4.78 is 5.66. The average molecular weight is 178 g/mol. The number of hydrogen-bond donors (Lipinski definition) is 0. The third kappa shape index (κ3) is 9.86. The molecular formula is C7H17NO2P+. The predicted molar refractivity (Wildman–Crippen MR) is 48.6 cm³/mol. The van der Waals surface area contributed by atoms with Crippen LogP contribution in [0.3, 0.4) is 0 Å². The lowest BCUT2D eigenvalue weighted by atomic mass is 10.4.